The molecule has 2 unspecified atom stereocenters. The van der Waals surface area contributed by atoms with Gasteiger partial charge in [-0.3, -0.25) is 4.79 Å². The second kappa shape index (κ2) is 6.68. The van der Waals surface area contributed by atoms with Gasteiger partial charge in [0.15, 0.2) is 0 Å². The second-order valence-corrected chi connectivity index (χ2v) is 6.05. The molecule has 3 N–H and O–H groups in total. The Kier molecular flexibility index (Phi) is 5.19. The van der Waals surface area contributed by atoms with E-state index in [9.17, 15) is 4.79 Å². The Labute approximate surface area is 115 Å². The molecule has 5 nitrogen and oxygen atoms in total. The summed E-state index contributed by atoms with van der Waals surface area (Å²) in [6.07, 6.45) is 5.25. The fourth-order valence-corrected chi connectivity index (χ4v) is 2.81. The molecule has 0 aromatic carbocycles. The van der Waals surface area contributed by atoms with Crippen LogP contribution in [0.4, 0.5) is 0 Å². The highest BCUT2D eigenvalue weighted by molar-refractivity contribution is 5.83. The summed E-state index contributed by atoms with van der Waals surface area (Å²) in [5.74, 6) is 0.0346. The average molecular weight is 269 g/mol. The molecule has 0 aromatic heterocycles. The summed E-state index contributed by atoms with van der Waals surface area (Å²) in [5, 5.41) is 3.02. The van der Waals surface area contributed by atoms with Gasteiger partial charge in [-0.15, -0.1) is 0 Å². The van der Waals surface area contributed by atoms with Crippen LogP contribution in [-0.2, 0) is 9.53 Å². The Balaban J connectivity index is 1.71. The molecule has 1 amide bonds. The van der Waals surface area contributed by atoms with Gasteiger partial charge in [0.25, 0.3) is 0 Å². The molecule has 2 saturated heterocycles. The van der Waals surface area contributed by atoms with Gasteiger partial charge in [-0.05, 0) is 32.9 Å². The summed E-state index contributed by atoms with van der Waals surface area (Å²) in [6.45, 7) is 6.79. The maximum Gasteiger partial charge on any atom is 0.229 e. The summed E-state index contributed by atoms with van der Waals surface area (Å²) in [7, 11) is 0. The molecule has 2 heterocycles. The zero-order chi connectivity index (χ0) is 13.7. The lowest BCUT2D eigenvalue weighted by Gasteiger charge is -2.26. The van der Waals surface area contributed by atoms with Crippen molar-refractivity contribution in [2.24, 2.45) is 11.1 Å². The first kappa shape index (κ1) is 14.8. The number of nitrogens with two attached hydrogens (primary N) is 1. The van der Waals surface area contributed by atoms with Gasteiger partial charge in [0.1, 0.15) is 0 Å². The van der Waals surface area contributed by atoms with Crippen molar-refractivity contribution in [1.82, 2.24) is 10.2 Å². The van der Waals surface area contributed by atoms with E-state index in [0.717, 1.165) is 19.6 Å². The van der Waals surface area contributed by atoms with E-state index in [1.165, 1.54) is 25.7 Å². The van der Waals surface area contributed by atoms with E-state index < -0.39 is 5.41 Å². The van der Waals surface area contributed by atoms with Crippen molar-refractivity contribution in [2.45, 2.75) is 38.6 Å². The van der Waals surface area contributed by atoms with Crippen LogP contribution in [0, 0.1) is 5.41 Å². The molecule has 0 aromatic rings. The third-order valence-electron chi connectivity index (χ3n) is 4.45. The number of likely N-dealkylation sites (tertiary alicyclic amines) is 1. The fraction of sp³-hybridized carbons (Fsp3) is 0.929. The van der Waals surface area contributed by atoms with Crippen molar-refractivity contribution >= 4 is 5.91 Å². The van der Waals surface area contributed by atoms with Gasteiger partial charge in [-0.2, -0.15) is 0 Å². The molecule has 2 rings (SSSR count). The Bertz CT molecular complexity index is 303. The summed E-state index contributed by atoms with van der Waals surface area (Å²) < 4.78 is 5.31. The third kappa shape index (κ3) is 3.68. The lowest BCUT2D eigenvalue weighted by atomic mass is 9.85. The quantitative estimate of drug-likeness (QED) is 0.772. The van der Waals surface area contributed by atoms with Gasteiger partial charge in [-0.1, -0.05) is 12.8 Å². The zero-order valence-corrected chi connectivity index (χ0v) is 12.0. The van der Waals surface area contributed by atoms with Gasteiger partial charge in [-0.25, -0.2) is 0 Å². The summed E-state index contributed by atoms with van der Waals surface area (Å²) in [6, 6.07) is -0.189. The number of carbonyl (C=O) groups is 1. The van der Waals surface area contributed by atoms with Crippen LogP contribution in [0.1, 0.15) is 32.6 Å². The number of hydrogen-bond acceptors (Lipinski definition) is 4. The first-order valence-corrected chi connectivity index (χ1v) is 7.47. The Morgan fingerprint density at radius 2 is 2.05 bits per heavy atom. The maximum absolute atomic E-state index is 12.2. The summed E-state index contributed by atoms with van der Waals surface area (Å²) in [5.41, 5.74) is 5.40. The predicted molar refractivity (Wildman–Crippen MR) is 74.8 cm³/mol. The van der Waals surface area contributed by atoms with Gasteiger partial charge in [0.05, 0.1) is 18.6 Å². The fourth-order valence-electron chi connectivity index (χ4n) is 2.81. The molecule has 2 atom stereocenters. The van der Waals surface area contributed by atoms with Crippen LogP contribution in [0.2, 0.25) is 0 Å². The van der Waals surface area contributed by atoms with Crippen molar-refractivity contribution in [3.8, 4) is 0 Å². The Hall–Kier alpha value is -0.650. The monoisotopic (exact) mass is 269 g/mol. The molecule has 2 fully saturated rings. The van der Waals surface area contributed by atoms with Crippen molar-refractivity contribution in [3.63, 3.8) is 0 Å². The average Bonchev–Trinajstić information content (AvgIpc) is 2.62. The van der Waals surface area contributed by atoms with E-state index in [-0.39, 0.29) is 11.9 Å². The standard InChI is InChI=1S/C14H27N3O2/c1-14(11-19-10-12(14)15)13(18)16-6-9-17-7-4-2-3-5-8-17/h12H,2-11,15H2,1H3,(H,16,18). The SMILES string of the molecule is CC1(C(=O)NCCN2CCCCCC2)COCC1N. The molecule has 0 spiro atoms. The highest BCUT2D eigenvalue weighted by Crippen LogP contribution is 2.26. The number of nitrogens with one attached hydrogen (secondary N) is 1. The lowest BCUT2D eigenvalue weighted by molar-refractivity contribution is -0.130. The molecule has 0 saturated carbocycles. The van der Waals surface area contributed by atoms with Crippen LogP contribution in [0.25, 0.3) is 0 Å². The third-order valence-corrected chi connectivity index (χ3v) is 4.45. The summed E-state index contributed by atoms with van der Waals surface area (Å²) >= 11 is 0. The van der Waals surface area contributed by atoms with E-state index in [1.54, 1.807) is 0 Å². The van der Waals surface area contributed by atoms with E-state index in [0.29, 0.717) is 19.8 Å². The molecule has 110 valence electrons. The molecule has 0 radical (unpaired) electrons. The van der Waals surface area contributed by atoms with Gasteiger partial charge in [0, 0.05) is 19.1 Å². The molecular formula is C14H27N3O2. The number of ether oxygens (including phenoxy) is 1. The highest BCUT2D eigenvalue weighted by Gasteiger charge is 2.44. The second-order valence-electron chi connectivity index (χ2n) is 6.05. The van der Waals surface area contributed by atoms with Crippen molar-refractivity contribution in [2.75, 3.05) is 39.4 Å². The molecule has 0 aliphatic carbocycles. The van der Waals surface area contributed by atoms with Gasteiger partial charge < -0.3 is 20.7 Å². The largest absolute Gasteiger partial charge is 0.379 e. The number of hydrogen-bond donors (Lipinski definition) is 2. The van der Waals surface area contributed by atoms with E-state index >= 15 is 0 Å². The van der Waals surface area contributed by atoms with Crippen LogP contribution in [0.15, 0.2) is 0 Å². The highest BCUT2D eigenvalue weighted by atomic mass is 16.5. The first-order chi connectivity index (χ1) is 9.13. The molecule has 0 bridgehead atoms. The number of rotatable bonds is 4. The first-order valence-electron chi connectivity index (χ1n) is 7.47. The van der Waals surface area contributed by atoms with Crippen molar-refractivity contribution < 1.29 is 9.53 Å². The minimum atomic E-state index is -0.557. The topological polar surface area (TPSA) is 67.6 Å². The minimum absolute atomic E-state index is 0.0346. The number of carbonyl (C=O) groups excluding carboxylic acids is 1. The van der Waals surface area contributed by atoms with Crippen LogP contribution < -0.4 is 11.1 Å². The lowest BCUT2D eigenvalue weighted by Crippen LogP contribution is -2.51. The van der Waals surface area contributed by atoms with Crippen LogP contribution in [-0.4, -0.2) is 56.2 Å². The summed E-state index contributed by atoms with van der Waals surface area (Å²) in [4.78, 5) is 14.6. The minimum Gasteiger partial charge on any atom is -0.379 e. The Morgan fingerprint density at radius 1 is 1.37 bits per heavy atom. The van der Waals surface area contributed by atoms with Gasteiger partial charge in [0.2, 0.25) is 5.91 Å². The van der Waals surface area contributed by atoms with Crippen molar-refractivity contribution in [1.29, 1.82) is 0 Å². The molecule has 19 heavy (non-hydrogen) atoms. The van der Waals surface area contributed by atoms with Crippen molar-refractivity contribution in [3.05, 3.63) is 0 Å². The predicted octanol–water partition coefficient (Wildman–Crippen LogP) is 0.342. The molecular weight excluding hydrogens is 242 g/mol. The molecule has 2 aliphatic rings. The van der Waals surface area contributed by atoms with E-state index in [1.807, 2.05) is 6.92 Å². The molecule has 5 heteroatoms. The molecule has 2 aliphatic heterocycles. The number of nitrogens with zero attached hydrogens (tertiary/aromatic N) is 1. The zero-order valence-electron chi connectivity index (χ0n) is 12.0. The van der Waals surface area contributed by atoms with Gasteiger partial charge >= 0.3 is 0 Å². The normalized spacial score (nSPS) is 33.1. The maximum atomic E-state index is 12.2. The van der Waals surface area contributed by atoms with Crippen LogP contribution in [0.3, 0.4) is 0 Å². The smallest absolute Gasteiger partial charge is 0.229 e. The van der Waals surface area contributed by atoms with E-state index in [2.05, 4.69) is 10.2 Å². The van der Waals surface area contributed by atoms with Crippen LogP contribution >= 0.6 is 0 Å². The van der Waals surface area contributed by atoms with E-state index in [4.69, 9.17) is 10.5 Å². The number of amides is 1. The Morgan fingerprint density at radius 3 is 2.63 bits per heavy atom. The van der Waals surface area contributed by atoms with Crippen LogP contribution in [0.5, 0.6) is 0 Å².